The first kappa shape index (κ1) is 30.1. The number of amidine groups is 1. The molecule has 1 aliphatic heterocycles. The van der Waals surface area contributed by atoms with Crippen LogP contribution in [0.2, 0.25) is 0 Å². The molecule has 44 heavy (non-hydrogen) atoms. The lowest BCUT2D eigenvalue weighted by Gasteiger charge is -2.19. The highest BCUT2D eigenvalue weighted by Gasteiger charge is 2.26. The number of aliphatic imine (C=N–C) groups is 1. The molecule has 3 heterocycles. The van der Waals surface area contributed by atoms with Crippen LogP contribution in [0.1, 0.15) is 28.4 Å². The predicted molar refractivity (Wildman–Crippen MR) is 152 cm³/mol. The highest BCUT2D eigenvalue weighted by molar-refractivity contribution is 7.85. The molecular weight excluding hydrogens is 596 g/mol. The molecule has 5 rings (SSSR count). The molecule has 2 aromatic carbocycles. The predicted octanol–water partition coefficient (Wildman–Crippen LogP) is 4.95. The number of pyridine rings is 2. The highest BCUT2D eigenvalue weighted by Crippen LogP contribution is 2.38. The van der Waals surface area contributed by atoms with Crippen molar-refractivity contribution in [2.24, 2.45) is 4.99 Å². The topological polar surface area (TPSA) is 147 Å². The fourth-order valence-corrected chi connectivity index (χ4v) is 5.13. The summed E-state index contributed by atoms with van der Waals surface area (Å²) in [7, 11) is -0.0316. The van der Waals surface area contributed by atoms with Gasteiger partial charge in [-0.1, -0.05) is 0 Å². The molecule has 14 heteroatoms. The Labute approximate surface area is 252 Å². The standard InChI is InChI=1S/C30H23F2N5O6S/c1-3-41-30(39)18-5-9-25(35-15-18)44(40)19-6-8-23(20(13-19)28-34-10-11-37(28)2)42-27-21(31)16-36-29(26(27)32)43-24-12-17(14-33)4-7-22(24)38/h4-9,12-13,15-16,38H,3,10-11H2,1-2H3. The van der Waals surface area contributed by atoms with Crippen molar-refractivity contribution in [2.75, 3.05) is 26.7 Å². The van der Waals surface area contributed by atoms with Crippen molar-refractivity contribution in [1.82, 2.24) is 14.9 Å². The van der Waals surface area contributed by atoms with Gasteiger partial charge in [0.2, 0.25) is 11.6 Å². The third-order valence-corrected chi connectivity index (χ3v) is 7.61. The summed E-state index contributed by atoms with van der Waals surface area (Å²) in [4.78, 5) is 26.3. The summed E-state index contributed by atoms with van der Waals surface area (Å²) in [5.74, 6) is -4.80. The third-order valence-electron chi connectivity index (χ3n) is 6.31. The number of phenolic OH excluding ortho intramolecular Hbond substituents is 1. The van der Waals surface area contributed by atoms with Gasteiger partial charge in [0.25, 0.3) is 5.88 Å². The van der Waals surface area contributed by atoms with Crippen LogP contribution in [-0.4, -0.2) is 62.7 Å². The summed E-state index contributed by atoms with van der Waals surface area (Å²) >= 11 is 0. The minimum atomic E-state index is -1.81. The monoisotopic (exact) mass is 619 g/mol. The van der Waals surface area contributed by atoms with E-state index in [1.807, 2.05) is 6.07 Å². The van der Waals surface area contributed by atoms with Crippen molar-refractivity contribution >= 4 is 22.6 Å². The molecule has 1 unspecified atom stereocenters. The van der Waals surface area contributed by atoms with Gasteiger partial charge < -0.3 is 24.2 Å². The molecule has 4 aromatic rings. The van der Waals surface area contributed by atoms with Gasteiger partial charge >= 0.3 is 5.97 Å². The van der Waals surface area contributed by atoms with Crippen LogP contribution in [0.4, 0.5) is 8.78 Å². The second-order valence-electron chi connectivity index (χ2n) is 9.21. The maximum atomic E-state index is 15.5. The number of nitrogens with zero attached hydrogens (tertiary/aromatic N) is 5. The van der Waals surface area contributed by atoms with Gasteiger partial charge in [0.15, 0.2) is 17.3 Å². The zero-order valence-electron chi connectivity index (χ0n) is 23.3. The van der Waals surface area contributed by atoms with E-state index in [1.165, 1.54) is 54.7 Å². The number of ether oxygens (including phenoxy) is 3. The van der Waals surface area contributed by atoms with Gasteiger partial charge in [-0.05, 0) is 49.4 Å². The number of rotatable bonds is 9. The maximum Gasteiger partial charge on any atom is 0.339 e. The maximum absolute atomic E-state index is 15.5. The molecule has 0 fully saturated rings. The van der Waals surface area contributed by atoms with E-state index in [4.69, 9.17) is 19.5 Å². The molecule has 0 amide bonds. The van der Waals surface area contributed by atoms with Crippen LogP contribution in [0, 0.1) is 23.0 Å². The van der Waals surface area contributed by atoms with E-state index in [0.29, 0.717) is 35.6 Å². The first-order chi connectivity index (χ1) is 21.2. The third kappa shape index (κ3) is 6.18. The van der Waals surface area contributed by atoms with E-state index in [2.05, 4.69) is 15.0 Å². The number of esters is 1. The number of benzene rings is 2. The lowest BCUT2D eigenvalue weighted by atomic mass is 10.1. The van der Waals surface area contributed by atoms with E-state index < -0.39 is 45.8 Å². The van der Waals surface area contributed by atoms with Crippen LogP contribution >= 0.6 is 0 Å². The minimum Gasteiger partial charge on any atom is -0.504 e. The van der Waals surface area contributed by atoms with E-state index in [-0.39, 0.29) is 34.3 Å². The van der Waals surface area contributed by atoms with Gasteiger partial charge in [0, 0.05) is 30.8 Å². The molecule has 224 valence electrons. The Bertz CT molecular complexity index is 1850. The van der Waals surface area contributed by atoms with E-state index in [9.17, 15) is 18.5 Å². The largest absolute Gasteiger partial charge is 0.504 e. The van der Waals surface area contributed by atoms with Gasteiger partial charge in [0.05, 0.1) is 42.1 Å². The number of halogens is 2. The normalized spacial score (nSPS) is 13.2. The number of hydrogen-bond acceptors (Lipinski definition) is 11. The van der Waals surface area contributed by atoms with E-state index in [0.717, 1.165) is 0 Å². The Morgan fingerprint density at radius 3 is 2.59 bits per heavy atom. The SMILES string of the molecule is CCOC(=O)c1ccc(S(=O)c2ccc(Oc3c(F)cnc(Oc4cc(C#N)ccc4O)c3F)c(C3=NCCN3C)c2)nc1. The van der Waals surface area contributed by atoms with Crippen LogP contribution < -0.4 is 9.47 Å². The first-order valence-electron chi connectivity index (χ1n) is 13.1. The number of phenols is 1. The second kappa shape index (κ2) is 12.8. The van der Waals surface area contributed by atoms with E-state index in [1.54, 1.807) is 18.9 Å². The van der Waals surface area contributed by atoms with Gasteiger partial charge in [0.1, 0.15) is 27.4 Å². The highest BCUT2D eigenvalue weighted by atomic mass is 32.2. The summed E-state index contributed by atoms with van der Waals surface area (Å²) in [5.41, 5.74) is 0.638. The Balaban J connectivity index is 1.49. The quantitative estimate of drug-likeness (QED) is 0.255. The Hall–Kier alpha value is -5.42. The number of likely N-dealkylation sites (N-methyl/N-ethyl adjacent to an activating group) is 1. The fraction of sp³-hybridized carbons (Fsp3) is 0.167. The van der Waals surface area contributed by atoms with Crippen LogP contribution in [-0.2, 0) is 15.5 Å². The van der Waals surface area contributed by atoms with Gasteiger partial charge in [-0.3, -0.25) is 4.99 Å². The molecule has 0 saturated carbocycles. The Kier molecular flexibility index (Phi) is 8.77. The fourth-order valence-electron chi connectivity index (χ4n) is 4.13. The Morgan fingerprint density at radius 2 is 1.91 bits per heavy atom. The van der Waals surface area contributed by atoms with Crippen molar-refractivity contribution in [1.29, 1.82) is 5.26 Å². The second-order valence-corrected chi connectivity index (χ2v) is 10.6. The molecule has 0 radical (unpaired) electrons. The summed E-state index contributed by atoms with van der Waals surface area (Å²) < 4.78 is 59.9. The first-order valence-corrected chi connectivity index (χ1v) is 14.2. The lowest BCUT2D eigenvalue weighted by molar-refractivity contribution is 0.0525. The molecular formula is C30H23F2N5O6S. The number of carbonyl (C=O) groups excluding carboxylic acids is 1. The smallest absolute Gasteiger partial charge is 0.339 e. The molecule has 1 N–H and O–H groups in total. The number of carbonyl (C=O) groups is 1. The summed E-state index contributed by atoms with van der Waals surface area (Å²) in [5, 5.41) is 19.4. The average Bonchev–Trinajstić information content (AvgIpc) is 3.46. The lowest BCUT2D eigenvalue weighted by Crippen LogP contribution is -2.24. The summed E-state index contributed by atoms with van der Waals surface area (Å²) in [6.45, 7) is 2.90. The van der Waals surface area contributed by atoms with Crippen molar-refractivity contribution in [3.63, 3.8) is 0 Å². The summed E-state index contributed by atoms with van der Waals surface area (Å²) in [6.07, 6.45) is 1.95. The minimum absolute atomic E-state index is 0.00635. The molecule has 11 nitrogen and oxygen atoms in total. The zero-order chi connectivity index (χ0) is 31.4. The van der Waals surface area contributed by atoms with Gasteiger partial charge in [-0.2, -0.15) is 9.65 Å². The van der Waals surface area contributed by atoms with Crippen molar-refractivity contribution < 1.29 is 37.1 Å². The van der Waals surface area contributed by atoms with E-state index >= 15 is 4.39 Å². The Morgan fingerprint density at radius 1 is 1.09 bits per heavy atom. The number of hydrogen-bond donors (Lipinski definition) is 1. The van der Waals surface area contributed by atoms with Crippen LogP contribution in [0.5, 0.6) is 28.9 Å². The molecule has 2 aromatic heterocycles. The number of aromatic hydroxyl groups is 1. The number of aromatic nitrogens is 2. The summed E-state index contributed by atoms with van der Waals surface area (Å²) in [6, 6.07) is 12.8. The van der Waals surface area contributed by atoms with Crippen LogP contribution in [0.3, 0.4) is 0 Å². The molecule has 0 bridgehead atoms. The van der Waals surface area contributed by atoms with Crippen molar-refractivity contribution in [3.8, 4) is 34.9 Å². The average molecular weight is 620 g/mol. The molecule has 1 atom stereocenters. The molecule has 0 spiro atoms. The van der Waals surface area contributed by atoms with Gasteiger partial charge in [-0.25, -0.2) is 23.4 Å². The molecule has 0 saturated heterocycles. The zero-order valence-corrected chi connectivity index (χ0v) is 24.1. The van der Waals surface area contributed by atoms with Crippen molar-refractivity contribution in [2.45, 2.75) is 16.8 Å². The molecule has 1 aliphatic rings. The molecule has 0 aliphatic carbocycles. The number of nitriles is 1. The van der Waals surface area contributed by atoms with Crippen molar-refractivity contribution in [3.05, 3.63) is 89.2 Å². The van der Waals surface area contributed by atoms with Gasteiger partial charge in [-0.15, -0.1) is 0 Å². The van der Waals surface area contributed by atoms with Crippen LogP contribution in [0.15, 0.2) is 75.8 Å². The van der Waals surface area contributed by atoms with Crippen LogP contribution in [0.25, 0.3) is 0 Å².